The fraction of sp³-hybridized carbons (Fsp3) is 0.421. The van der Waals surface area contributed by atoms with Crippen LogP contribution in [0.5, 0.6) is 0 Å². The van der Waals surface area contributed by atoms with Gasteiger partial charge in [0.05, 0.1) is 12.5 Å². The van der Waals surface area contributed by atoms with Crippen LogP contribution in [0.15, 0.2) is 39.5 Å². The number of hydrogen-bond donors (Lipinski definition) is 0. The summed E-state index contributed by atoms with van der Waals surface area (Å²) < 4.78 is 7.18. The molecule has 0 radical (unpaired) electrons. The molecule has 0 aliphatic rings. The van der Waals surface area contributed by atoms with E-state index in [-0.39, 0.29) is 11.9 Å². The zero-order valence-electron chi connectivity index (χ0n) is 15.1. The first kappa shape index (κ1) is 21.0. The summed E-state index contributed by atoms with van der Waals surface area (Å²) in [6.45, 7) is 8.12. The maximum atomic E-state index is 11.6. The first-order valence-electron chi connectivity index (χ1n) is 8.59. The summed E-state index contributed by atoms with van der Waals surface area (Å²) in [7, 11) is 0. The number of hydrogen-bond acceptors (Lipinski definition) is 7. The number of carbonyl (C=O) groups excluding carboxylic acids is 1. The Hall–Kier alpha value is -1.31. The van der Waals surface area contributed by atoms with E-state index >= 15 is 0 Å². The van der Waals surface area contributed by atoms with Crippen LogP contribution in [-0.2, 0) is 15.3 Å². The zero-order chi connectivity index (χ0) is 18.8. The van der Waals surface area contributed by atoms with E-state index in [0.29, 0.717) is 6.61 Å². The Labute approximate surface area is 167 Å². The summed E-state index contributed by atoms with van der Waals surface area (Å²) in [6.07, 6.45) is 3.48. The van der Waals surface area contributed by atoms with E-state index < -0.39 is 0 Å². The van der Waals surface area contributed by atoms with E-state index in [1.807, 2.05) is 19.9 Å². The van der Waals surface area contributed by atoms with Crippen LogP contribution >= 0.6 is 34.9 Å². The molecule has 7 heteroatoms. The Morgan fingerprint density at radius 1 is 1.27 bits per heavy atom. The highest BCUT2D eigenvalue weighted by molar-refractivity contribution is 8.02. The molecule has 1 aromatic carbocycles. The molecule has 0 spiro atoms. The number of rotatable bonds is 11. The van der Waals surface area contributed by atoms with E-state index in [4.69, 9.17) is 4.74 Å². The van der Waals surface area contributed by atoms with E-state index in [9.17, 15) is 4.79 Å². The van der Waals surface area contributed by atoms with Gasteiger partial charge in [0, 0.05) is 11.5 Å². The van der Waals surface area contributed by atoms with E-state index in [1.54, 1.807) is 34.9 Å². The molecule has 1 unspecified atom stereocenters. The largest absolute Gasteiger partial charge is 0.465 e. The minimum Gasteiger partial charge on any atom is -0.465 e. The molecule has 4 nitrogen and oxygen atoms in total. The molecular weight excluding hydrogens is 384 g/mol. The first-order chi connectivity index (χ1) is 12.6. The van der Waals surface area contributed by atoms with E-state index in [0.717, 1.165) is 38.6 Å². The second-order valence-electron chi connectivity index (χ2n) is 5.75. The number of carbonyl (C=O) groups is 1. The van der Waals surface area contributed by atoms with E-state index in [2.05, 4.69) is 41.0 Å². The van der Waals surface area contributed by atoms with Gasteiger partial charge >= 0.3 is 5.97 Å². The van der Waals surface area contributed by atoms with Crippen LogP contribution in [0, 0.1) is 5.92 Å². The normalized spacial score (nSPS) is 11.9. The molecule has 1 atom stereocenters. The van der Waals surface area contributed by atoms with Crippen LogP contribution in [0.1, 0.15) is 37.8 Å². The first-order valence-corrected chi connectivity index (χ1v) is 11.4. The molecule has 2 rings (SSSR count). The molecular formula is C19H24N2O2S3. The number of thioether (sulfide) groups is 2. The van der Waals surface area contributed by atoms with Gasteiger partial charge < -0.3 is 4.74 Å². The molecule has 0 aliphatic carbocycles. The predicted octanol–water partition coefficient (Wildman–Crippen LogP) is 5.54. The lowest BCUT2D eigenvalue weighted by atomic mass is 10.1. The van der Waals surface area contributed by atoms with Crippen molar-refractivity contribution in [1.82, 2.24) is 10.2 Å². The van der Waals surface area contributed by atoms with Crippen molar-refractivity contribution in [3.63, 3.8) is 0 Å². The molecule has 0 amide bonds. The highest BCUT2D eigenvalue weighted by Gasteiger charge is 2.11. The van der Waals surface area contributed by atoms with Gasteiger partial charge in [0.1, 0.15) is 0 Å². The highest BCUT2D eigenvalue weighted by Crippen LogP contribution is 2.31. The fourth-order valence-corrected chi connectivity index (χ4v) is 4.87. The maximum Gasteiger partial charge on any atom is 0.308 e. The fourth-order valence-electron chi connectivity index (χ4n) is 1.91. The summed E-state index contributed by atoms with van der Waals surface area (Å²) in [4.78, 5) is 11.6. The molecule has 2 aromatic rings. The summed E-state index contributed by atoms with van der Waals surface area (Å²) in [6, 6.07) is 8.36. The van der Waals surface area contributed by atoms with Crippen LogP contribution in [0.25, 0.3) is 6.08 Å². The van der Waals surface area contributed by atoms with Gasteiger partial charge in [-0.1, -0.05) is 85.6 Å². The van der Waals surface area contributed by atoms with Crippen molar-refractivity contribution in [3.05, 3.63) is 42.0 Å². The molecule has 0 N–H and O–H groups in total. The van der Waals surface area contributed by atoms with Gasteiger partial charge in [0.25, 0.3) is 0 Å². The van der Waals surface area contributed by atoms with E-state index in [1.165, 1.54) is 5.56 Å². The summed E-state index contributed by atoms with van der Waals surface area (Å²) in [5.74, 6) is 1.63. The van der Waals surface area contributed by atoms with Crippen LogP contribution in [0.3, 0.4) is 0 Å². The van der Waals surface area contributed by atoms with Crippen LogP contribution in [0.2, 0.25) is 0 Å². The highest BCUT2D eigenvalue weighted by atomic mass is 32.2. The number of esters is 1. The molecule has 1 aromatic heterocycles. The van der Waals surface area contributed by atoms with Gasteiger partial charge in [-0.2, -0.15) is 0 Å². The van der Waals surface area contributed by atoms with Crippen LogP contribution in [-0.4, -0.2) is 28.5 Å². The third-order valence-electron chi connectivity index (χ3n) is 3.74. The van der Waals surface area contributed by atoms with Gasteiger partial charge in [-0.15, -0.1) is 10.2 Å². The summed E-state index contributed by atoms with van der Waals surface area (Å²) >= 11 is 4.97. The number of nitrogens with zero attached hydrogens (tertiary/aromatic N) is 2. The van der Waals surface area contributed by atoms with Crippen molar-refractivity contribution in [2.75, 3.05) is 12.4 Å². The average molecular weight is 409 g/mol. The molecule has 26 heavy (non-hydrogen) atoms. The Balaban J connectivity index is 1.65. The van der Waals surface area contributed by atoms with Gasteiger partial charge in [-0.05, 0) is 24.0 Å². The molecule has 0 saturated carbocycles. The van der Waals surface area contributed by atoms with Gasteiger partial charge in [0.2, 0.25) is 0 Å². The van der Waals surface area contributed by atoms with Gasteiger partial charge in [-0.3, -0.25) is 4.79 Å². The van der Waals surface area contributed by atoms with Crippen molar-refractivity contribution in [1.29, 1.82) is 0 Å². The number of ether oxygens (including phenoxy) is 1. The molecule has 0 aliphatic heterocycles. The quantitative estimate of drug-likeness (QED) is 0.276. The van der Waals surface area contributed by atoms with Crippen molar-refractivity contribution >= 4 is 46.9 Å². The molecule has 140 valence electrons. The van der Waals surface area contributed by atoms with Gasteiger partial charge in [0.15, 0.2) is 8.68 Å². The monoisotopic (exact) mass is 408 g/mol. The Kier molecular flexibility index (Phi) is 9.22. The smallest absolute Gasteiger partial charge is 0.308 e. The third kappa shape index (κ3) is 7.13. The zero-order valence-corrected chi connectivity index (χ0v) is 17.6. The summed E-state index contributed by atoms with van der Waals surface area (Å²) in [5, 5.41) is 8.46. The Morgan fingerprint density at radius 3 is 2.62 bits per heavy atom. The lowest BCUT2D eigenvalue weighted by molar-refractivity contribution is -0.147. The van der Waals surface area contributed by atoms with Crippen molar-refractivity contribution in [2.45, 2.75) is 41.1 Å². The summed E-state index contributed by atoms with van der Waals surface area (Å²) in [5.41, 5.74) is 2.39. The second kappa shape index (κ2) is 11.4. The molecule has 0 bridgehead atoms. The lowest BCUT2D eigenvalue weighted by Crippen LogP contribution is -2.14. The minimum absolute atomic E-state index is 0.0154. The number of aromatic nitrogens is 2. The Morgan fingerprint density at radius 2 is 1.96 bits per heavy atom. The predicted molar refractivity (Wildman–Crippen MR) is 112 cm³/mol. The SMILES string of the molecule is C=Cc1ccc(CSc2nnc(SCCCOC(=O)C(C)CC)s2)cc1. The molecule has 0 fully saturated rings. The molecule has 1 heterocycles. The van der Waals surface area contributed by atoms with Crippen molar-refractivity contribution in [3.8, 4) is 0 Å². The van der Waals surface area contributed by atoms with Crippen molar-refractivity contribution in [2.24, 2.45) is 5.92 Å². The number of benzene rings is 1. The third-order valence-corrected chi connectivity index (χ3v) is 7.09. The Bertz CT molecular complexity index is 701. The second-order valence-corrected chi connectivity index (χ2v) is 9.29. The standard InChI is InChI=1S/C19H24N2O2S3/c1-4-14(3)17(22)23-11-6-12-24-18-20-21-19(26-18)25-13-16-9-7-15(5-2)8-10-16/h5,7-10,14H,2,4,6,11-13H2,1,3H3. The topological polar surface area (TPSA) is 52.1 Å². The van der Waals surface area contributed by atoms with Crippen LogP contribution < -0.4 is 0 Å². The average Bonchev–Trinajstić information content (AvgIpc) is 3.13. The minimum atomic E-state index is -0.103. The maximum absolute atomic E-state index is 11.6. The molecule has 0 saturated heterocycles. The van der Waals surface area contributed by atoms with Gasteiger partial charge in [-0.25, -0.2) is 0 Å². The lowest BCUT2D eigenvalue weighted by Gasteiger charge is -2.08. The van der Waals surface area contributed by atoms with Crippen molar-refractivity contribution < 1.29 is 9.53 Å². The van der Waals surface area contributed by atoms with Crippen LogP contribution in [0.4, 0.5) is 0 Å².